The van der Waals surface area contributed by atoms with Gasteiger partial charge in [0, 0.05) is 32.9 Å². The van der Waals surface area contributed by atoms with Crippen molar-refractivity contribution in [1.29, 1.82) is 0 Å². The molecule has 0 bridgehead atoms. The third-order valence-electron chi connectivity index (χ3n) is 13.6. The summed E-state index contributed by atoms with van der Waals surface area (Å²) in [6.45, 7) is 0. The average molecular weight is 785 g/mol. The molecule has 1 aliphatic carbocycles. The summed E-state index contributed by atoms with van der Waals surface area (Å²) in [6.07, 6.45) is 0. The maximum Gasteiger partial charge on any atom is 0.0541 e. The van der Waals surface area contributed by atoms with Crippen LogP contribution < -0.4 is 0 Å². The maximum absolute atomic E-state index is 2.42. The van der Waals surface area contributed by atoms with E-state index in [4.69, 9.17) is 0 Å². The number of nitrogens with zero attached hydrogens (tertiary/aromatic N) is 2. The highest BCUT2D eigenvalue weighted by Gasteiger charge is 2.23. The summed E-state index contributed by atoms with van der Waals surface area (Å²) in [5.74, 6) is 0. The quantitative estimate of drug-likeness (QED) is 0.157. The van der Waals surface area contributed by atoms with Crippen LogP contribution in [0, 0.1) is 0 Å². The topological polar surface area (TPSA) is 9.86 Å². The number of fused-ring (bicyclic) bond motifs is 12. The van der Waals surface area contributed by atoms with Gasteiger partial charge in [-0.15, -0.1) is 0 Å². The minimum Gasteiger partial charge on any atom is -0.309 e. The molecule has 0 spiro atoms. The Hall–Kier alpha value is -8.20. The summed E-state index contributed by atoms with van der Waals surface area (Å²) in [7, 11) is 0. The minimum absolute atomic E-state index is 1.15. The molecule has 2 heterocycles. The van der Waals surface area contributed by atoms with Crippen LogP contribution in [-0.4, -0.2) is 9.13 Å². The van der Waals surface area contributed by atoms with Crippen molar-refractivity contribution >= 4 is 75.9 Å². The molecular formula is C60H36N2. The van der Waals surface area contributed by atoms with Crippen LogP contribution in [0.1, 0.15) is 0 Å². The van der Waals surface area contributed by atoms with E-state index in [2.05, 4.69) is 228 Å². The van der Waals surface area contributed by atoms with Crippen molar-refractivity contribution in [2.45, 2.75) is 0 Å². The highest BCUT2D eigenvalue weighted by Crippen LogP contribution is 2.50. The molecule has 2 heteroatoms. The van der Waals surface area contributed by atoms with E-state index in [0.29, 0.717) is 0 Å². The minimum atomic E-state index is 1.15. The van der Waals surface area contributed by atoms with E-state index in [-0.39, 0.29) is 0 Å². The average Bonchev–Trinajstić information content (AvgIpc) is 3.97. The molecule has 0 aliphatic heterocycles. The molecule has 0 fully saturated rings. The number of rotatable bonds is 4. The van der Waals surface area contributed by atoms with Gasteiger partial charge in [0.15, 0.2) is 0 Å². The van der Waals surface area contributed by atoms with Gasteiger partial charge in [-0.05, 0) is 150 Å². The first-order valence-corrected chi connectivity index (χ1v) is 21.5. The van der Waals surface area contributed by atoms with Gasteiger partial charge in [0.25, 0.3) is 0 Å². The van der Waals surface area contributed by atoms with E-state index < -0.39 is 0 Å². The second kappa shape index (κ2) is 12.7. The van der Waals surface area contributed by atoms with Crippen LogP contribution in [0.3, 0.4) is 0 Å². The molecule has 0 atom stereocenters. The fraction of sp³-hybridized carbons (Fsp3) is 0. The van der Waals surface area contributed by atoms with Gasteiger partial charge in [-0.2, -0.15) is 0 Å². The molecule has 0 amide bonds. The Morgan fingerprint density at radius 2 is 0.758 bits per heavy atom. The van der Waals surface area contributed by atoms with Crippen molar-refractivity contribution in [2.75, 3.05) is 0 Å². The van der Waals surface area contributed by atoms with Gasteiger partial charge in [-0.3, -0.25) is 0 Å². The van der Waals surface area contributed by atoms with Gasteiger partial charge in [-0.1, -0.05) is 146 Å². The standard InChI is InChI=1S/C60H36N2/c1-2-11-39-32-45(28-22-37(39)10-1)62-57-19-8-6-15-49(57)54-35-42(25-31-59(54)62)41-24-30-58-53(34-41)48-14-5-7-18-56(48)61(58)44-26-20-38(21-27-44)40-23-29-47-51-17-9-16-50-46-13-4-3-12-43(46)36-55(60(50)51)52(47)33-40/h1-36H. The van der Waals surface area contributed by atoms with Crippen molar-refractivity contribution in [1.82, 2.24) is 9.13 Å². The largest absolute Gasteiger partial charge is 0.309 e. The molecule has 286 valence electrons. The molecule has 2 nitrogen and oxygen atoms in total. The number of hydrogen-bond donors (Lipinski definition) is 0. The van der Waals surface area contributed by atoms with E-state index in [1.54, 1.807) is 0 Å². The summed E-state index contributed by atoms with van der Waals surface area (Å²) >= 11 is 0. The van der Waals surface area contributed by atoms with Crippen molar-refractivity contribution in [2.24, 2.45) is 0 Å². The van der Waals surface area contributed by atoms with Crippen LogP contribution in [0.15, 0.2) is 218 Å². The predicted octanol–water partition coefficient (Wildman–Crippen LogP) is 16.3. The van der Waals surface area contributed by atoms with E-state index >= 15 is 0 Å². The zero-order chi connectivity index (χ0) is 40.5. The third kappa shape index (κ3) is 4.75. The smallest absolute Gasteiger partial charge is 0.0541 e. The normalized spacial score (nSPS) is 12.2. The number of benzene rings is 11. The van der Waals surface area contributed by atoms with Crippen LogP contribution >= 0.6 is 0 Å². The molecule has 14 rings (SSSR count). The van der Waals surface area contributed by atoms with E-state index in [0.717, 1.165) is 5.69 Å². The summed E-state index contributed by atoms with van der Waals surface area (Å²) in [6, 6.07) is 81.0. The van der Waals surface area contributed by atoms with E-state index in [1.807, 2.05) is 0 Å². The lowest BCUT2D eigenvalue weighted by Gasteiger charge is -2.11. The number of aromatic nitrogens is 2. The lowest BCUT2D eigenvalue weighted by atomic mass is 9.95. The molecule has 0 saturated carbocycles. The van der Waals surface area contributed by atoms with Crippen molar-refractivity contribution in [3.63, 3.8) is 0 Å². The SMILES string of the molecule is c1ccc2cc(-n3c4ccccc4c4cc(-c5ccc6c(c5)c5ccccc5n6-c5ccc(-c6ccc7c(c6)-c6cc8ccccc8c8cccc-7c68)cc5)ccc43)ccc2c1. The van der Waals surface area contributed by atoms with Crippen LogP contribution in [0.2, 0.25) is 0 Å². The summed E-state index contributed by atoms with van der Waals surface area (Å²) in [4.78, 5) is 0. The Morgan fingerprint density at radius 3 is 1.48 bits per heavy atom. The maximum atomic E-state index is 2.42. The zero-order valence-electron chi connectivity index (χ0n) is 33.7. The van der Waals surface area contributed by atoms with Gasteiger partial charge in [-0.25, -0.2) is 0 Å². The van der Waals surface area contributed by atoms with Crippen molar-refractivity contribution < 1.29 is 0 Å². The molecule has 0 N–H and O–H groups in total. The van der Waals surface area contributed by atoms with Crippen LogP contribution in [0.4, 0.5) is 0 Å². The molecule has 13 aromatic rings. The van der Waals surface area contributed by atoms with Gasteiger partial charge in [0.1, 0.15) is 0 Å². The van der Waals surface area contributed by atoms with Gasteiger partial charge >= 0.3 is 0 Å². The number of para-hydroxylation sites is 2. The predicted molar refractivity (Wildman–Crippen MR) is 263 cm³/mol. The molecule has 11 aromatic carbocycles. The summed E-state index contributed by atoms with van der Waals surface area (Å²) < 4.78 is 4.83. The monoisotopic (exact) mass is 784 g/mol. The Morgan fingerprint density at radius 1 is 0.226 bits per heavy atom. The Bertz CT molecular complexity index is 4030. The van der Waals surface area contributed by atoms with Crippen molar-refractivity contribution in [3.05, 3.63) is 218 Å². The second-order valence-corrected chi connectivity index (χ2v) is 16.9. The van der Waals surface area contributed by atoms with Crippen LogP contribution in [0.5, 0.6) is 0 Å². The highest BCUT2D eigenvalue weighted by molar-refractivity contribution is 6.23. The number of hydrogen-bond acceptors (Lipinski definition) is 0. The Kier molecular flexibility index (Phi) is 6.86. The molecule has 2 aromatic heterocycles. The Balaban J connectivity index is 0.852. The highest BCUT2D eigenvalue weighted by atomic mass is 15.0. The fourth-order valence-corrected chi connectivity index (χ4v) is 10.8. The second-order valence-electron chi connectivity index (χ2n) is 16.9. The molecule has 0 radical (unpaired) electrons. The summed E-state index contributed by atoms with van der Waals surface area (Å²) in [5, 5.41) is 12.8. The molecule has 0 unspecified atom stereocenters. The first kappa shape index (κ1) is 33.6. The molecule has 1 aliphatic rings. The fourth-order valence-electron chi connectivity index (χ4n) is 10.8. The molecule has 62 heavy (non-hydrogen) atoms. The van der Waals surface area contributed by atoms with E-state index in [1.165, 1.54) is 126 Å². The lowest BCUT2D eigenvalue weighted by Crippen LogP contribution is -1.94. The zero-order valence-corrected chi connectivity index (χ0v) is 33.7. The van der Waals surface area contributed by atoms with Crippen LogP contribution in [0.25, 0.3) is 132 Å². The molecule has 0 saturated heterocycles. The van der Waals surface area contributed by atoms with Gasteiger partial charge < -0.3 is 9.13 Å². The molecular weight excluding hydrogens is 749 g/mol. The summed E-state index contributed by atoms with van der Waals surface area (Å²) in [5.41, 5.74) is 17.3. The van der Waals surface area contributed by atoms with Crippen molar-refractivity contribution in [3.8, 4) is 55.9 Å². The first-order valence-electron chi connectivity index (χ1n) is 21.5. The van der Waals surface area contributed by atoms with E-state index in [9.17, 15) is 0 Å². The van der Waals surface area contributed by atoms with Gasteiger partial charge in [0.2, 0.25) is 0 Å². The third-order valence-corrected chi connectivity index (χ3v) is 13.6. The lowest BCUT2D eigenvalue weighted by molar-refractivity contribution is 1.18. The van der Waals surface area contributed by atoms with Crippen LogP contribution in [-0.2, 0) is 0 Å². The Labute approximate surface area is 357 Å². The van der Waals surface area contributed by atoms with Gasteiger partial charge in [0.05, 0.1) is 22.1 Å². The first-order chi connectivity index (χ1) is 30.7.